The van der Waals surface area contributed by atoms with Gasteiger partial charge in [0.2, 0.25) is 0 Å². The van der Waals surface area contributed by atoms with Crippen LogP contribution in [0.25, 0.3) is 11.1 Å². The Bertz CT molecular complexity index is 1080. The normalized spacial score (nSPS) is 10.4. The second-order valence-corrected chi connectivity index (χ2v) is 5.99. The number of amides is 2. The van der Waals surface area contributed by atoms with Gasteiger partial charge in [0.25, 0.3) is 11.8 Å². The van der Waals surface area contributed by atoms with Crippen molar-refractivity contribution >= 4 is 23.2 Å². The van der Waals surface area contributed by atoms with E-state index in [4.69, 9.17) is 8.83 Å². The second kappa shape index (κ2) is 7.67. The van der Waals surface area contributed by atoms with E-state index in [1.807, 2.05) is 30.3 Å². The lowest BCUT2D eigenvalue weighted by Gasteiger charge is -2.07. The molecule has 0 saturated carbocycles. The highest BCUT2D eigenvalue weighted by Crippen LogP contribution is 2.25. The summed E-state index contributed by atoms with van der Waals surface area (Å²) in [4.78, 5) is 24.6. The number of nitrogens with one attached hydrogen (secondary N) is 2. The molecule has 0 aliphatic carbocycles. The van der Waals surface area contributed by atoms with E-state index < -0.39 is 0 Å². The zero-order valence-electron chi connectivity index (χ0n) is 14.7. The van der Waals surface area contributed by atoms with Gasteiger partial charge in [0.05, 0.1) is 12.5 Å². The van der Waals surface area contributed by atoms with E-state index in [9.17, 15) is 9.59 Å². The first-order valence-corrected chi connectivity index (χ1v) is 8.60. The third-order valence-corrected chi connectivity index (χ3v) is 4.10. The predicted molar refractivity (Wildman–Crippen MR) is 105 cm³/mol. The lowest BCUT2D eigenvalue weighted by Crippen LogP contribution is -2.13. The number of hydrogen-bond acceptors (Lipinski definition) is 4. The van der Waals surface area contributed by atoms with E-state index in [1.165, 1.54) is 12.5 Å². The van der Waals surface area contributed by atoms with Crippen LogP contribution in [0.15, 0.2) is 94.2 Å². The van der Waals surface area contributed by atoms with E-state index in [0.29, 0.717) is 11.4 Å². The van der Waals surface area contributed by atoms with Gasteiger partial charge in [0.1, 0.15) is 0 Å². The highest BCUT2D eigenvalue weighted by molar-refractivity contribution is 6.07. The molecule has 28 heavy (non-hydrogen) atoms. The standard InChI is InChI=1S/C22H16N2O4/c25-21(19-7-4-13-27-19)23-16-8-10-17(11-9-16)24-22(26)20-18(12-14-28-20)15-5-2-1-3-6-15/h1-14H,(H,23,25)(H,24,26). The minimum absolute atomic E-state index is 0.226. The molecule has 0 bridgehead atoms. The molecule has 6 nitrogen and oxygen atoms in total. The third kappa shape index (κ3) is 3.71. The fourth-order valence-electron chi connectivity index (χ4n) is 2.76. The number of benzene rings is 2. The Balaban J connectivity index is 1.45. The van der Waals surface area contributed by atoms with Crippen molar-refractivity contribution in [2.24, 2.45) is 0 Å². The van der Waals surface area contributed by atoms with Gasteiger partial charge in [-0.05, 0) is 48.0 Å². The SMILES string of the molecule is O=C(Nc1ccc(NC(=O)c2occc2-c2ccccc2)cc1)c1ccco1. The fraction of sp³-hybridized carbons (Fsp3) is 0. The van der Waals surface area contributed by atoms with Crippen molar-refractivity contribution in [1.29, 1.82) is 0 Å². The Morgan fingerprint density at radius 3 is 1.96 bits per heavy atom. The Labute approximate surface area is 160 Å². The number of furan rings is 2. The molecule has 138 valence electrons. The van der Waals surface area contributed by atoms with Crippen LogP contribution in [0.4, 0.5) is 11.4 Å². The lowest BCUT2D eigenvalue weighted by molar-refractivity contribution is 0.0989. The molecule has 0 atom stereocenters. The molecular weight excluding hydrogens is 356 g/mol. The number of hydrogen-bond donors (Lipinski definition) is 2. The van der Waals surface area contributed by atoms with E-state index in [2.05, 4.69) is 10.6 Å². The molecule has 2 aromatic heterocycles. The quantitative estimate of drug-likeness (QED) is 0.514. The zero-order chi connectivity index (χ0) is 19.3. The summed E-state index contributed by atoms with van der Waals surface area (Å²) in [6, 6.07) is 21.3. The highest BCUT2D eigenvalue weighted by Gasteiger charge is 2.17. The summed E-state index contributed by atoms with van der Waals surface area (Å²) in [5.74, 6) is -0.230. The van der Waals surface area contributed by atoms with Crippen LogP contribution < -0.4 is 10.6 Å². The molecule has 2 amide bonds. The van der Waals surface area contributed by atoms with Gasteiger partial charge in [-0.15, -0.1) is 0 Å². The Morgan fingerprint density at radius 1 is 0.643 bits per heavy atom. The second-order valence-electron chi connectivity index (χ2n) is 5.99. The maximum Gasteiger partial charge on any atom is 0.292 e. The first kappa shape index (κ1) is 17.4. The molecule has 2 aromatic carbocycles. The van der Waals surface area contributed by atoms with Gasteiger partial charge in [0.15, 0.2) is 11.5 Å². The first-order valence-electron chi connectivity index (χ1n) is 8.60. The summed E-state index contributed by atoms with van der Waals surface area (Å²) in [6.07, 6.45) is 2.93. The van der Waals surface area contributed by atoms with Crippen LogP contribution in [-0.4, -0.2) is 11.8 Å². The summed E-state index contributed by atoms with van der Waals surface area (Å²) in [5.41, 5.74) is 2.79. The molecule has 0 fully saturated rings. The zero-order valence-corrected chi connectivity index (χ0v) is 14.7. The smallest absolute Gasteiger partial charge is 0.292 e. The molecule has 0 radical (unpaired) electrons. The van der Waals surface area contributed by atoms with Crippen molar-refractivity contribution in [3.63, 3.8) is 0 Å². The molecule has 0 aliphatic heterocycles. The van der Waals surface area contributed by atoms with Gasteiger partial charge in [-0.1, -0.05) is 30.3 Å². The molecule has 4 aromatic rings. The maximum atomic E-state index is 12.6. The molecule has 6 heteroatoms. The van der Waals surface area contributed by atoms with E-state index in [-0.39, 0.29) is 23.3 Å². The summed E-state index contributed by atoms with van der Waals surface area (Å²) in [6.45, 7) is 0. The Hall–Kier alpha value is -4.06. The van der Waals surface area contributed by atoms with Crippen molar-refractivity contribution < 1.29 is 18.4 Å². The minimum Gasteiger partial charge on any atom is -0.459 e. The molecule has 0 saturated heterocycles. The van der Waals surface area contributed by atoms with Crippen molar-refractivity contribution in [3.8, 4) is 11.1 Å². The van der Waals surface area contributed by atoms with Crippen molar-refractivity contribution in [1.82, 2.24) is 0 Å². The van der Waals surface area contributed by atoms with Crippen LogP contribution in [0.2, 0.25) is 0 Å². The number of rotatable bonds is 5. The van der Waals surface area contributed by atoms with Crippen LogP contribution in [0.1, 0.15) is 21.1 Å². The van der Waals surface area contributed by atoms with Gasteiger partial charge in [-0.2, -0.15) is 0 Å². The topological polar surface area (TPSA) is 84.5 Å². The van der Waals surface area contributed by atoms with Crippen molar-refractivity contribution in [3.05, 3.63) is 96.8 Å². The summed E-state index contributed by atoms with van der Waals surface area (Å²) in [7, 11) is 0. The van der Waals surface area contributed by atoms with Crippen molar-refractivity contribution in [2.75, 3.05) is 10.6 Å². The highest BCUT2D eigenvalue weighted by atomic mass is 16.3. The van der Waals surface area contributed by atoms with Crippen molar-refractivity contribution in [2.45, 2.75) is 0 Å². The maximum absolute atomic E-state index is 12.6. The van der Waals surface area contributed by atoms with Crippen LogP contribution >= 0.6 is 0 Å². The van der Waals surface area contributed by atoms with Crippen LogP contribution in [0.3, 0.4) is 0 Å². The van der Waals surface area contributed by atoms with Crippen LogP contribution in [0.5, 0.6) is 0 Å². The van der Waals surface area contributed by atoms with Gasteiger partial charge < -0.3 is 19.5 Å². The summed E-state index contributed by atoms with van der Waals surface area (Å²) < 4.78 is 10.4. The Morgan fingerprint density at radius 2 is 1.32 bits per heavy atom. The van der Waals surface area contributed by atoms with E-state index in [1.54, 1.807) is 42.5 Å². The molecule has 4 rings (SSSR count). The number of carbonyl (C=O) groups is 2. The largest absolute Gasteiger partial charge is 0.459 e. The molecule has 2 heterocycles. The summed E-state index contributed by atoms with van der Waals surface area (Å²) in [5, 5.41) is 5.52. The Kier molecular flexibility index (Phi) is 4.76. The van der Waals surface area contributed by atoms with E-state index >= 15 is 0 Å². The summed E-state index contributed by atoms with van der Waals surface area (Å²) >= 11 is 0. The monoisotopic (exact) mass is 372 g/mol. The number of anilines is 2. The van der Waals surface area contributed by atoms with Gasteiger partial charge >= 0.3 is 0 Å². The third-order valence-electron chi connectivity index (χ3n) is 4.10. The first-order chi connectivity index (χ1) is 13.7. The predicted octanol–water partition coefficient (Wildman–Crippen LogP) is 5.04. The van der Waals surface area contributed by atoms with Crippen LogP contribution in [0, 0.1) is 0 Å². The average Bonchev–Trinajstić information content (AvgIpc) is 3.42. The molecule has 0 aliphatic rings. The van der Waals surface area contributed by atoms with Gasteiger partial charge in [-0.25, -0.2) is 0 Å². The lowest BCUT2D eigenvalue weighted by atomic mass is 10.1. The molecule has 2 N–H and O–H groups in total. The fourth-order valence-corrected chi connectivity index (χ4v) is 2.76. The average molecular weight is 372 g/mol. The molecule has 0 unspecified atom stereocenters. The van der Waals surface area contributed by atoms with Crippen LogP contribution in [-0.2, 0) is 0 Å². The molecular formula is C22H16N2O4. The van der Waals surface area contributed by atoms with Gasteiger partial charge in [-0.3, -0.25) is 9.59 Å². The number of carbonyl (C=O) groups excluding carboxylic acids is 2. The van der Waals surface area contributed by atoms with Gasteiger partial charge in [0, 0.05) is 16.9 Å². The minimum atomic E-state index is -0.351. The van der Waals surface area contributed by atoms with E-state index in [0.717, 1.165) is 11.1 Å². The molecule has 0 spiro atoms.